The van der Waals surface area contributed by atoms with E-state index in [1.54, 1.807) is 0 Å². The lowest BCUT2D eigenvalue weighted by molar-refractivity contribution is -0.137. The van der Waals surface area contributed by atoms with Crippen LogP contribution in [0.15, 0.2) is 24.3 Å². The maximum Gasteiger partial charge on any atom is 0.416 e. The molecule has 0 spiro atoms. The topological polar surface area (TPSA) is 41.1 Å². The Kier molecular flexibility index (Phi) is 6.71. The van der Waals surface area contributed by atoms with E-state index in [9.17, 15) is 18.0 Å². The molecule has 0 heterocycles. The van der Waals surface area contributed by atoms with Crippen LogP contribution >= 0.6 is 0 Å². The van der Waals surface area contributed by atoms with E-state index >= 15 is 0 Å². The Morgan fingerprint density at radius 2 is 1.86 bits per heavy atom. The largest absolute Gasteiger partial charge is 0.416 e. The molecule has 0 saturated carbocycles. The molecule has 1 aromatic carbocycles. The summed E-state index contributed by atoms with van der Waals surface area (Å²) in [6.07, 6.45) is -1.49. The van der Waals surface area contributed by atoms with Gasteiger partial charge in [0.1, 0.15) is 0 Å². The van der Waals surface area contributed by atoms with Crippen molar-refractivity contribution in [2.24, 2.45) is 5.92 Å². The Hall–Kier alpha value is -1.72. The molecule has 1 aromatic rings. The molecule has 0 bridgehead atoms. The maximum atomic E-state index is 12.6. The molecule has 3 nitrogen and oxygen atoms in total. The Morgan fingerprint density at radius 1 is 1.18 bits per heavy atom. The molecule has 0 radical (unpaired) electrons. The second-order valence-electron chi connectivity index (χ2n) is 5.90. The number of urea groups is 1. The third-order valence-corrected chi connectivity index (χ3v) is 3.24. The van der Waals surface area contributed by atoms with Crippen molar-refractivity contribution >= 4 is 11.7 Å². The molecular weight excluding hydrogens is 293 g/mol. The van der Waals surface area contributed by atoms with Crippen LogP contribution in [0.4, 0.5) is 23.7 Å². The van der Waals surface area contributed by atoms with Crippen LogP contribution in [0, 0.1) is 5.92 Å². The van der Waals surface area contributed by atoms with Gasteiger partial charge in [0.15, 0.2) is 0 Å². The van der Waals surface area contributed by atoms with E-state index in [0.717, 1.165) is 31.4 Å². The monoisotopic (exact) mass is 316 g/mol. The number of hydrogen-bond donors (Lipinski definition) is 2. The van der Waals surface area contributed by atoms with Gasteiger partial charge >= 0.3 is 12.2 Å². The van der Waals surface area contributed by atoms with Gasteiger partial charge in [-0.25, -0.2) is 4.79 Å². The Bertz CT molecular complexity index is 487. The van der Waals surface area contributed by atoms with Crippen molar-refractivity contribution in [1.82, 2.24) is 5.32 Å². The summed E-state index contributed by atoms with van der Waals surface area (Å²) in [6.45, 7) is 6.16. The van der Waals surface area contributed by atoms with Crippen LogP contribution in [-0.4, -0.2) is 12.1 Å². The highest BCUT2D eigenvalue weighted by Gasteiger charge is 2.30. The minimum absolute atomic E-state index is 0.0236. The van der Waals surface area contributed by atoms with Crippen molar-refractivity contribution in [2.45, 2.75) is 52.3 Å². The molecule has 0 fully saturated rings. The predicted octanol–water partition coefficient (Wildman–Crippen LogP) is 5.04. The second kappa shape index (κ2) is 8.06. The first-order valence-electron chi connectivity index (χ1n) is 7.43. The molecule has 2 N–H and O–H groups in total. The van der Waals surface area contributed by atoms with Crippen molar-refractivity contribution in [2.75, 3.05) is 5.32 Å². The zero-order valence-electron chi connectivity index (χ0n) is 13.1. The smallest absolute Gasteiger partial charge is 0.335 e. The number of nitrogens with one attached hydrogen (secondary N) is 2. The lowest BCUT2D eigenvalue weighted by Crippen LogP contribution is -2.36. The van der Waals surface area contributed by atoms with Gasteiger partial charge in [-0.1, -0.05) is 32.8 Å². The molecule has 0 aliphatic carbocycles. The van der Waals surface area contributed by atoms with Gasteiger partial charge in [0, 0.05) is 11.7 Å². The predicted molar refractivity (Wildman–Crippen MR) is 81.7 cm³/mol. The van der Waals surface area contributed by atoms with Crippen molar-refractivity contribution in [3.63, 3.8) is 0 Å². The number of carbonyl (C=O) groups is 1. The van der Waals surface area contributed by atoms with Gasteiger partial charge in [-0.3, -0.25) is 0 Å². The highest BCUT2D eigenvalue weighted by atomic mass is 19.4. The van der Waals surface area contributed by atoms with Crippen molar-refractivity contribution < 1.29 is 18.0 Å². The fraction of sp³-hybridized carbons (Fsp3) is 0.562. The van der Waals surface area contributed by atoms with Gasteiger partial charge in [0.25, 0.3) is 0 Å². The fourth-order valence-corrected chi connectivity index (χ4v) is 2.07. The Balaban J connectivity index is 2.48. The molecule has 1 rings (SSSR count). The summed E-state index contributed by atoms with van der Waals surface area (Å²) in [5.74, 6) is 0.617. The third-order valence-electron chi connectivity index (χ3n) is 3.24. The highest BCUT2D eigenvalue weighted by Crippen LogP contribution is 2.30. The average Bonchev–Trinajstić information content (AvgIpc) is 2.37. The molecular formula is C16H23F3N2O. The number of anilines is 1. The van der Waals surface area contributed by atoms with Crippen LogP contribution in [0.3, 0.4) is 0 Å². The normalized spacial score (nSPS) is 13.0. The van der Waals surface area contributed by atoms with Gasteiger partial charge in [0.2, 0.25) is 0 Å². The molecule has 1 atom stereocenters. The van der Waals surface area contributed by atoms with Crippen LogP contribution in [0.1, 0.15) is 45.6 Å². The minimum atomic E-state index is -4.42. The molecule has 0 aromatic heterocycles. The maximum absolute atomic E-state index is 12.6. The summed E-state index contributed by atoms with van der Waals surface area (Å²) in [6, 6.07) is 4.07. The average molecular weight is 316 g/mol. The van der Waals surface area contributed by atoms with Crippen molar-refractivity contribution in [3.8, 4) is 0 Å². The summed E-state index contributed by atoms with van der Waals surface area (Å²) >= 11 is 0. The van der Waals surface area contributed by atoms with Crippen LogP contribution in [-0.2, 0) is 6.18 Å². The van der Waals surface area contributed by atoms with E-state index in [1.807, 2.05) is 6.92 Å². The fourth-order valence-electron chi connectivity index (χ4n) is 2.07. The Labute approximate surface area is 129 Å². The molecule has 0 saturated heterocycles. The van der Waals surface area contributed by atoms with Crippen molar-refractivity contribution in [1.29, 1.82) is 0 Å². The zero-order valence-corrected chi connectivity index (χ0v) is 13.1. The van der Waals surface area contributed by atoms with Gasteiger partial charge in [-0.2, -0.15) is 13.2 Å². The minimum Gasteiger partial charge on any atom is -0.335 e. The number of benzene rings is 1. The Morgan fingerprint density at radius 3 is 2.45 bits per heavy atom. The van der Waals surface area contributed by atoms with E-state index < -0.39 is 17.8 Å². The molecule has 6 heteroatoms. The number of alkyl halides is 3. The van der Waals surface area contributed by atoms with Gasteiger partial charge in [-0.15, -0.1) is 0 Å². The summed E-state index contributed by atoms with van der Waals surface area (Å²) < 4.78 is 37.8. The first-order valence-corrected chi connectivity index (χ1v) is 7.43. The van der Waals surface area contributed by atoms with Crippen LogP contribution in [0.25, 0.3) is 0 Å². The quantitative estimate of drug-likeness (QED) is 0.758. The summed E-state index contributed by atoms with van der Waals surface area (Å²) in [5.41, 5.74) is -0.656. The summed E-state index contributed by atoms with van der Waals surface area (Å²) in [7, 11) is 0. The van der Waals surface area contributed by atoms with E-state index in [4.69, 9.17) is 0 Å². The van der Waals surface area contributed by atoms with Crippen LogP contribution < -0.4 is 10.6 Å². The molecule has 22 heavy (non-hydrogen) atoms. The molecule has 0 aliphatic rings. The number of amides is 2. The van der Waals surface area contributed by atoms with E-state index in [-0.39, 0.29) is 11.7 Å². The number of halogens is 3. The van der Waals surface area contributed by atoms with Crippen molar-refractivity contribution in [3.05, 3.63) is 29.8 Å². The van der Waals surface area contributed by atoms with Crippen LogP contribution in [0.5, 0.6) is 0 Å². The number of hydrogen-bond acceptors (Lipinski definition) is 1. The summed E-state index contributed by atoms with van der Waals surface area (Å²) in [5, 5.41) is 5.16. The van der Waals surface area contributed by atoms with Gasteiger partial charge < -0.3 is 10.6 Å². The number of rotatable bonds is 6. The zero-order chi connectivity index (χ0) is 16.8. The first kappa shape index (κ1) is 18.3. The van der Waals surface area contributed by atoms with Crippen LogP contribution in [0.2, 0.25) is 0 Å². The first-order chi connectivity index (χ1) is 10.2. The van der Waals surface area contributed by atoms with E-state index in [0.29, 0.717) is 5.92 Å². The standard InChI is InChI=1S/C16H23F3N2O/c1-11(2)6-4-7-12(3)20-15(22)21-14-9-5-8-13(10-14)16(17,18)19/h5,8-12H,4,6-7H2,1-3H3,(H2,20,21,22). The van der Waals surface area contributed by atoms with Gasteiger partial charge in [-0.05, 0) is 37.5 Å². The molecule has 2 amide bonds. The lowest BCUT2D eigenvalue weighted by atomic mass is 10.0. The molecule has 0 aliphatic heterocycles. The second-order valence-corrected chi connectivity index (χ2v) is 5.90. The summed E-state index contributed by atoms with van der Waals surface area (Å²) in [4.78, 5) is 11.8. The van der Waals surface area contributed by atoms with E-state index in [1.165, 1.54) is 12.1 Å². The SMILES string of the molecule is CC(C)CCCC(C)NC(=O)Nc1cccc(C(F)(F)F)c1. The van der Waals surface area contributed by atoms with Gasteiger partial charge in [0.05, 0.1) is 5.56 Å². The molecule has 1 unspecified atom stereocenters. The van der Waals surface area contributed by atoms with E-state index in [2.05, 4.69) is 24.5 Å². The highest BCUT2D eigenvalue weighted by molar-refractivity contribution is 5.89. The number of carbonyl (C=O) groups excluding carboxylic acids is 1. The molecule has 124 valence electrons. The third kappa shape index (κ3) is 6.83. The lowest BCUT2D eigenvalue weighted by Gasteiger charge is -2.16.